The number of fused-ring (bicyclic) bond motifs is 1. The lowest BCUT2D eigenvalue weighted by molar-refractivity contribution is 0.353. The van der Waals surface area contributed by atoms with Gasteiger partial charge in [0.1, 0.15) is 0 Å². The molecule has 0 radical (unpaired) electrons. The highest BCUT2D eigenvalue weighted by Gasteiger charge is 2.23. The lowest BCUT2D eigenvalue weighted by atomic mass is 10.1. The molecule has 0 amide bonds. The van der Waals surface area contributed by atoms with Crippen molar-refractivity contribution in [3.05, 3.63) is 51.9 Å². The van der Waals surface area contributed by atoms with Crippen molar-refractivity contribution in [1.82, 2.24) is 14.3 Å². The normalized spacial score (nSPS) is 11.9. The third-order valence-electron chi connectivity index (χ3n) is 4.43. The molecule has 0 aliphatic rings. The molecule has 2 N–H and O–H groups in total. The third-order valence-corrected chi connectivity index (χ3v) is 6.23. The molecule has 0 unspecified atom stereocenters. The zero-order chi connectivity index (χ0) is 19.8. The van der Waals surface area contributed by atoms with Crippen molar-refractivity contribution in [2.75, 3.05) is 21.3 Å². The van der Waals surface area contributed by atoms with Crippen molar-refractivity contribution < 1.29 is 17.9 Å². The van der Waals surface area contributed by atoms with Gasteiger partial charge in [-0.05, 0) is 48.4 Å². The first-order valence-electron chi connectivity index (χ1n) is 8.16. The summed E-state index contributed by atoms with van der Waals surface area (Å²) in [6, 6.07) is 8.06. The molecule has 27 heavy (non-hydrogen) atoms. The molecular weight excluding hydrogens is 370 g/mol. The molecule has 8 nitrogen and oxygen atoms in total. The van der Waals surface area contributed by atoms with Crippen molar-refractivity contribution in [1.29, 1.82) is 0 Å². The van der Waals surface area contributed by atoms with Crippen LogP contribution < -0.4 is 15.2 Å². The van der Waals surface area contributed by atoms with E-state index < -0.39 is 10.0 Å². The van der Waals surface area contributed by atoms with E-state index in [9.17, 15) is 13.2 Å². The first-order valence-corrected chi connectivity index (χ1v) is 9.60. The van der Waals surface area contributed by atoms with E-state index in [0.717, 1.165) is 11.1 Å². The molecule has 144 valence electrons. The summed E-state index contributed by atoms with van der Waals surface area (Å²) < 4.78 is 37.7. The summed E-state index contributed by atoms with van der Waals surface area (Å²) in [6.07, 6.45) is 0. The minimum absolute atomic E-state index is 0.103. The minimum Gasteiger partial charge on any atom is -0.493 e. The van der Waals surface area contributed by atoms with Crippen molar-refractivity contribution in [3.63, 3.8) is 0 Å². The highest BCUT2D eigenvalue weighted by atomic mass is 32.2. The lowest BCUT2D eigenvalue weighted by Gasteiger charge is -2.20. The zero-order valence-corrected chi connectivity index (χ0v) is 16.3. The Morgan fingerprint density at radius 2 is 1.63 bits per heavy atom. The molecule has 0 atom stereocenters. The molecule has 9 heteroatoms. The number of hydrogen-bond donors (Lipinski definition) is 2. The Labute approximate surface area is 156 Å². The summed E-state index contributed by atoms with van der Waals surface area (Å²) in [6.45, 7) is 2.05. The van der Waals surface area contributed by atoms with Gasteiger partial charge in [-0.3, -0.25) is 0 Å². The van der Waals surface area contributed by atoms with E-state index in [1.54, 1.807) is 19.2 Å². The molecular formula is C18H21N3O5S. The van der Waals surface area contributed by atoms with Gasteiger partial charge in [0.2, 0.25) is 10.0 Å². The SMILES string of the molecule is COc1cc(C)c(CN(C)S(=O)(=O)c2ccc3[nH]c(=O)[nH]c3c2)cc1OC. The Morgan fingerprint density at radius 1 is 1.00 bits per heavy atom. The van der Waals surface area contributed by atoms with E-state index in [4.69, 9.17) is 9.47 Å². The van der Waals surface area contributed by atoms with Gasteiger partial charge < -0.3 is 19.4 Å². The number of rotatable bonds is 6. The summed E-state index contributed by atoms with van der Waals surface area (Å²) in [4.78, 5) is 16.6. The topological polar surface area (TPSA) is 104 Å². The molecule has 1 heterocycles. The molecule has 0 fully saturated rings. The largest absolute Gasteiger partial charge is 0.493 e. The molecule has 3 rings (SSSR count). The number of hydrogen-bond acceptors (Lipinski definition) is 5. The molecule has 1 aromatic heterocycles. The number of ether oxygens (including phenoxy) is 2. The average molecular weight is 391 g/mol. The summed E-state index contributed by atoms with van der Waals surface area (Å²) >= 11 is 0. The second-order valence-corrected chi connectivity index (χ2v) is 8.23. The van der Waals surface area contributed by atoms with Crippen molar-refractivity contribution >= 4 is 21.1 Å². The lowest BCUT2D eigenvalue weighted by Crippen LogP contribution is -2.26. The molecule has 0 saturated carbocycles. The Kier molecular flexibility index (Phi) is 4.99. The quantitative estimate of drug-likeness (QED) is 0.669. The number of aromatic nitrogens is 2. The summed E-state index contributed by atoms with van der Waals surface area (Å²) in [5, 5.41) is 0. The number of H-pyrrole nitrogens is 2. The minimum atomic E-state index is -3.75. The van der Waals surface area contributed by atoms with Gasteiger partial charge in [-0.25, -0.2) is 13.2 Å². The van der Waals surface area contributed by atoms with E-state index in [0.29, 0.717) is 22.5 Å². The second kappa shape index (κ2) is 7.09. The van der Waals surface area contributed by atoms with Crippen molar-refractivity contribution in [2.45, 2.75) is 18.4 Å². The number of nitrogens with one attached hydrogen (secondary N) is 2. The number of nitrogens with zero attached hydrogens (tertiary/aromatic N) is 1. The molecule has 0 saturated heterocycles. The van der Waals surface area contributed by atoms with Crippen LogP contribution in [0.25, 0.3) is 11.0 Å². The maximum atomic E-state index is 12.9. The smallest absolute Gasteiger partial charge is 0.323 e. The van der Waals surface area contributed by atoms with Gasteiger partial charge in [0.25, 0.3) is 0 Å². The predicted octanol–water partition coefficient (Wildman–Crippen LogP) is 2.00. The molecule has 0 spiro atoms. The Hall–Kier alpha value is -2.78. The fraction of sp³-hybridized carbons (Fsp3) is 0.278. The Morgan fingerprint density at radius 3 is 2.30 bits per heavy atom. The number of benzene rings is 2. The predicted molar refractivity (Wildman–Crippen MR) is 102 cm³/mol. The van der Waals surface area contributed by atoms with Gasteiger partial charge >= 0.3 is 5.69 Å². The van der Waals surface area contributed by atoms with Gasteiger partial charge in [-0.15, -0.1) is 0 Å². The average Bonchev–Trinajstić information content (AvgIpc) is 3.01. The van der Waals surface area contributed by atoms with Gasteiger partial charge in [-0.2, -0.15) is 4.31 Å². The zero-order valence-electron chi connectivity index (χ0n) is 15.5. The van der Waals surface area contributed by atoms with E-state index in [1.807, 2.05) is 13.0 Å². The van der Waals surface area contributed by atoms with Crippen LogP contribution in [0.2, 0.25) is 0 Å². The number of sulfonamides is 1. The van der Waals surface area contributed by atoms with Gasteiger partial charge in [-0.1, -0.05) is 0 Å². The Bertz CT molecular complexity index is 1150. The van der Waals surface area contributed by atoms with Crippen LogP contribution in [0.1, 0.15) is 11.1 Å². The Balaban J connectivity index is 1.94. The number of methoxy groups -OCH3 is 2. The van der Waals surface area contributed by atoms with E-state index >= 15 is 0 Å². The monoisotopic (exact) mass is 391 g/mol. The third kappa shape index (κ3) is 3.56. The van der Waals surface area contributed by atoms with Crippen molar-refractivity contribution in [2.24, 2.45) is 0 Å². The van der Waals surface area contributed by atoms with Gasteiger partial charge in [0.05, 0.1) is 30.1 Å². The second-order valence-electron chi connectivity index (χ2n) is 6.18. The van der Waals surface area contributed by atoms with E-state index in [1.165, 1.54) is 30.6 Å². The maximum Gasteiger partial charge on any atom is 0.323 e. The summed E-state index contributed by atoms with van der Waals surface area (Å²) in [7, 11) is 0.846. The molecule has 0 aliphatic carbocycles. The van der Waals surface area contributed by atoms with Gasteiger partial charge in [0, 0.05) is 13.6 Å². The fourth-order valence-electron chi connectivity index (χ4n) is 2.87. The van der Waals surface area contributed by atoms with Gasteiger partial charge in [0.15, 0.2) is 11.5 Å². The summed E-state index contributed by atoms with van der Waals surface area (Å²) in [5.41, 5.74) is 2.30. The molecule has 0 bridgehead atoms. The van der Waals surface area contributed by atoms with E-state index in [-0.39, 0.29) is 17.1 Å². The molecule has 3 aromatic rings. The number of aryl methyl sites for hydroxylation is 1. The molecule has 2 aromatic carbocycles. The van der Waals surface area contributed by atoms with E-state index in [2.05, 4.69) is 9.97 Å². The van der Waals surface area contributed by atoms with Crippen LogP contribution in [0.15, 0.2) is 40.0 Å². The maximum absolute atomic E-state index is 12.9. The van der Waals surface area contributed by atoms with Crippen LogP contribution in [0.4, 0.5) is 0 Å². The van der Waals surface area contributed by atoms with Crippen LogP contribution in [0.5, 0.6) is 11.5 Å². The first kappa shape index (κ1) is 19.0. The van der Waals surface area contributed by atoms with Crippen LogP contribution in [-0.2, 0) is 16.6 Å². The van der Waals surface area contributed by atoms with Crippen LogP contribution in [0, 0.1) is 6.92 Å². The standard InChI is InChI=1S/C18H21N3O5S/c1-11-7-16(25-3)17(26-4)8-12(11)10-21(2)27(23,24)13-5-6-14-15(9-13)20-18(22)19-14/h5-9H,10H2,1-4H3,(H2,19,20,22). The summed E-state index contributed by atoms with van der Waals surface area (Å²) in [5.74, 6) is 1.13. The van der Waals surface area contributed by atoms with Crippen LogP contribution in [-0.4, -0.2) is 44.0 Å². The molecule has 0 aliphatic heterocycles. The first-order chi connectivity index (χ1) is 12.8. The number of imidazole rings is 1. The fourth-order valence-corrected chi connectivity index (χ4v) is 4.05. The highest BCUT2D eigenvalue weighted by molar-refractivity contribution is 7.89. The van der Waals surface area contributed by atoms with Crippen molar-refractivity contribution in [3.8, 4) is 11.5 Å². The number of aromatic amines is 2. The van der Waals surface area contributed by atoms with Crippen LogP contribution in [0.3, 0.4) is 0 Å². The van der Waals surface area contributed by atoms with Crippen LogP contribution >= 0.6 is 0 Å². The highest BCUT2D eigenvalue weighted by Crippen LogP contribution is 2.31.